The standard InChI is InChI=1S/C15H19N3O3S/c1-22(20,21)18(11-6-2-3-7-11)10-14-16-13-9-5-4-8-12(13)15(19)17-14/h4-5,8-9,11H,2-3,6-7,10H2,1H3,(H,16,17,19). The van der Waals surface area contributed by atoms with Gasteiger partial charge in [0.25, 0.3) is 5.56 Å². The molecule has 1 heterocycles. The number of fused-ring (bicyclic) bond motifs is 1. The molecule has 0 radical (unpaired) electrons. The maximum Gasteiger partial charge on any atom is 0.258 e. The van der Waals surface area contributed by atoms with E-state index in [-0.39, 0.29) is 18.1 Å². The summed E-state index contributed by atoms with van der Waals surface area (Å²) in [6, 6.07) is 7.06. The number of hydrogen-bond donors (Lipinski definition) is 1. The Morgan fingerprint density at radius 3 is 2.64 bits per heavy atom. The average Bonchev–Trinajstić information content (AvgIpc) is 2.97. The van der Waals surface area contributed by atoms with Gasteiger partial charge in [-0.15, -0.1) is 0 Å². The van der Waals surface area contributed by atoms with E-state index >= 15 is 0 Å². The first-order valence-corrected chi connectivity index (χ1v) is 9.25. The van der Waals surface area contributed by atoms with Crippen LogP contribution < -0.4 is 5.56 Å². The fraction of sp³-hybridized carbons (Fsp3) is 0.467. The van der Waals surface area contributed by atoms with Gasteiger partial charge in [-0.25, -0.2) is 13.4 Å². The maximum absolute atomic E-state index is 12.1. The molecule has 1 aromatic carbocycles. The van der Waals surface area contributed by atoms with E-state index in [1.54, 1.807) is 18.2 Å². The van der Waals surface area contributed by atoms with Gasteiger partial charge in [0.05, 0.1) is 23.7 Å². The molecule has 1 N–H and O–H groups in total. The number of nitrogens with one attached hydrogen (secondary N) is 1. The highest BCUT2D eigenvalue weighted by molar-refractivity contribution is 7.88. The first-order chi connectivity index (χ1) is 10.4. The van der Waals surface area contributed by atoms with Crippen LogP contribution in [0.2, 0.25) is 0 Å². The topological polar surface area (TPSA) is 83.1 Å². The van der Waals surface area contributed by atoms with Crippen LogP contribution in [0.5, 0.6) is 0 Å². The normalized spacial score (nSPS) is 16.6. The summed E-state index contributed by atoms with van der Waals surface area (Å²) >= 11 is 0. The van der Waals surface area contributed by atoms with Gasteiger partial charge in [-0.1, -0.05) is 25.0 Å². The van der Waals surface area contributed by atoms with Gasteiger partial charge in [0.2, 0.25) is 10.0 Å². The van der Waals surface area contributed by atoms with Gasteiger partial charge in [-0.05, 0) is 25.0 Å². The van der Waals surface area contributed by atoms with E-state index in [0.29, 0.717) is 16.7 Å². The van der Waals surface area contributed by atoms with Gasteiger partial charge in [0.1, 0.15) is 5.82 Å². The summed E-state index contributed by atoms with van der Waals surface area (Å²) in [6.45, 7) is 0.115. The van der Waals surface area contributed by atoms with E-state index in [4.69, 9.17) is 0 Å². The Bertz CT molecular complexity index is 838. The zero-order chi connectivity index (χ0) is 15.7. The summed E-state index contributed by atoms with van der Waals surface area (Å²) in [5.74, 6) is 0.390. The SMILES string of the molecule is CS(=O)(=O)N(Cc1nc2ccccc2c(=O)[nH]1)C1CCCC1. The van der Waals surface area contributed by atoms with E-state index in [1.165, 1.54) is 10.6 Å². The molecule has 3 rings (SSSR count). The minimum Gasteiger partial charge on any atom is -0.309 e. The molecule has 0 amide bonds. The van der Waals surface area contributed by atoms with Gasteiger partial charge in [0.15, 0.2) is 0 Å². The number of aromatic amines is 1. The van der Waals surface area contributed by atoms with Crippen molar-refractivity contribution in [3.05, 3.63) is 40.4 Å². The van der Waals surface area contributed by atoms with Crippen LogP contribution in [0.25, 0.3) is 10.9 Å². The van der Waals surface area contributed by atoms with E-state index in [9.17, 15) is 13.2 Å². The predicted octanol–water partition coefficient (Wildman–Crippen LogP) is 1.63. The monoisotopic (exact) mass is 321 g/mol. The number of H-pyrrole nitrogens is 1. The third kappa shape index (κ3) is 3.05. The second-order valence-corrected chi connectivity index (χ2v) is 7.71. The highest BCUT2D eigenvalue weighted by Gasteiger charge is 2.29. The Balaban J connectivity index is 1.97. The lowest BCUT2D eigenvalue weighted by atomic mass is 10.2. The van der Waals surface area contributed by atoms with Gasteiger partial charge >= 0.3 is 0 Å². The van der Waals surface area contributed by atoms with Crippen molar-refractivity contribution in [2.24, 2.45) is 0 Å². The van der Waals surface area contributed by atoms with Crippen LogP contribution in [0.3, 0.4) is 0 Å². The lowest BCUT2D eigenvalue weighted by Crippen LogP contribution is -2.38. The number of hydrogen-bond acceptors (Lipinski definition) is 4. The highest BCUT2D eigenvalue weighted by Crippen LogP contribution is 2.26. The van der Waals surface area contributed by atoms with Crippen LogP contribution in [0, 0.1) is 0 Å². The Labute approximate surface area is 129 Å². The van der Waals surface area contributed by atoms with Gasteiger partial charge < -0.3 is 4.98 Å². The van der Waals surface area contributed by atoms with Crippen molar-refractivity contribution in [3.63, 3.8) is 0 Å². The molecule has 0 unspecified atom stereocenters. The van der Waals surface area contributed by atoms with Gasteiger partial charge in [0, 0.05) is 6.04 Å². The fourth-order valence-corrected chi connectivity index (χ4v) is 4.18. The van der Waals surface area contributed by atoms with Crippen molar-refractivity contribution in [3.8, 4) is 0 Å². The minimum absolute atomic E-state index is 0.00627. The maximum atomic E-state index is 12.1. The molecule has 0 spiro atoms. The molecule has 0 aliphatic heterocycles. The fourth-order valence-electron chi connectivity index (χ4n) is 3.07. The summed E-state index contributed by atoms with van der Waals surface area (Å²) in [4.78, 5) is 19.2. The smallest absolute Gasteiger partial charge is 0.258 e. The number of nitrogens with zero attached hydrogens (tertiary/aromatic N) is 2. The van der Waals surface area contributed by atoms with Gasteiger partial charge in [-0.3, -0.25) is 4.79 Å². The van der Waals surface area contributed by atoms with Crippen molar-refractivity contribution >= 4 is 20.9 Å². The first kappa shape index (κ1) is 15.2. The molecule has 1 aliphatic rings. The summed E-state index contributed by atoms with van der Waals surface area (Å²) in [6.07, 6.45) is 5.02. The van der Waals surface area contributed by atoms with Crippen LogP contribution in [0.15, 0.2) is 29.1 Å². The van der Waals surface area contributed by atoms with E-state index in [1.807, 2.05) is 6.07 Å². The molecule has 1 aromatic heterocycles. The van der Waals surface area contributed by atoms with Crippen LogP contribution >= 0.6 is 0 Å². The quantitative estimate of drug-likeness (QED) is 0.927. The summed E-state index contributed by atoms with van der Waals surface area (Å²) in [5.41, 5.74) is 0.349. The van der Waals surface area contributed by atoms with Crippen molar-refractivity contribution in [1.82, 2.24) is 14.3 Å². The largest absolute Gasteiger partial charge is 0.309 e. The van der Waals surface area contributed by atoms with E-state index in [0.717, 1.165) is 25.7 Å². The molecule has 0 bridgehead atoms. The van der Waals surface area contributed by atoms with Crippen LogP contribution in [-0.4, -0.2) is 35.0 Å². The molecule has 2 aromatic rings. The number of sulfonamides is 1. The number of para-hydroxylation sites is 1. The predicted molar refractivity (Wildman–Crippen MR) is 85.0 cm³/mol. The highest BCUT2D eigenvalue weighted by atomic mass is 32.2. The Hall–Kier alpha value is -1.73. The molecule has 118 valence electrons. The molecule has 0 saturated heterocycles. The van der Waals surface area contributed by atoms with Crippen molar-refractivity contribution in [2.75, 3.05) is 6.26 Å². The van der Waals surface area contributed by atoms with E-state index in [2.05, 4.69) is 9.97 Å². The molecule has 22 heavy (non-hydrogen) atoms. The molecular formula is C15H19N3O3S. The zero-order valence-electron chi connectivity index (χ0n) is 12.4. The molecule has 0 atom stereocenters. The lowest BCUT2D eigenvalue weighted by Gasteiger charge is -2.25. The third-order valence-corrected chi connectivity index (χ3v) is 5.40. The average molecular weight is 321 g/mol. The molecule has 1 fully saturated rings. The summed E-state index contributed by atoms with van der Waals surface area (Å²) in [5, 5.41) is 0.512. The Morgan fingerprint density at radius 2 is 1.95 bits per heavy atom. The van der Waals surface area contributed by atoms with Crippen LogP contribution in [0.4, 0.5) is 0 Å². The number of benzene rings is 1. The second-order valence-electron chi connectivity index (χ2n) is 5.78. The van der Waals surface area contributed by atoms with E-state index < -0.39 is 10.0 Å². The molecule has 1 saturated carbocycles. The summed E-state index contributed by atoms with van der Waals surface area (Å²) < 4.78 is 25.6. The van der Waals surface area contributed by atoms with Crippen LogP contribution in [0.1, 0.15) is 31.5 Å². The second kappa shape index (κ2) is 5.81. The van der Waals surface area contributed by atoms with Gasteiger partial charge in [-0.2, -0.15) is 4.31 Å². The Kier molecular flexibility index (Phi) is 4.01. The third-order valence-electron chi connectivity index (χ3n) is 4.13. The Morgan fingerprint density at radius 1 is 1.27 bits per heavy atom. The number of aromatic nitrogens is 2. The van der Waals surface area contributed by atoms with Crippen molar-refractivity contribution in [2.45, 2.75) is 38.3 Å². The molecule has 1 aliphatic carbocycles. The first-order valence-electron chi connectivity index (χ1n) is 7.40. The summed E-state index contributed by atoms with van der Waals surface area (Å²) in [7, 11) is -3.34. The van der Waals surface area contributed by atoms with Crippen LogP contribution in [-0.2, 0) is 16.6 Å². The molecule has 6 nitrogen and oxygen atoms in total. The molecular weight excluding hydrogens is 302 g/mol. The van der Waals surface area contributed by atoms with Crippen molar-refractivity contribution in [1.29, 1.82) is 0 Å². The minimum atomic E-state index is -3.34. The van der Waals surface area contributed by atoms with Crippen molar-refractivity contribution < 1.29 is 8.42 Å². The zero-order valence-corrected chi connectivity index (χ0v) is 13.3. The lowest BCUT2D eigenvalue weighted by molar-refractivity contribution is 0.312. The molecule has 7 heteroatoms. The number of rotatable bonds is 4.